The van der Waals surface area contributed by atoms with Crippen molar-refractivity contribution in [1.82, 2.24) is 0 Å². The summed E-state index contributed by atoms with van der Waals surface area (Å²) in [5.41, 5.74) is 0. The number of hydrogen-bond donors (Lipinski definition) is 6. The van der Waals surface area contributed by atoms with Crippen LogP contribution in [0.3, 0.4) is 0 Å². The molecule has 6 N–H and O–H groups in total. The molecule has 0 rings (SSSR count). The predicted octanol–water partition coefficient (Wildman–Crippen LogP) is -1.96. The maximum Gasteiger partial charge on any atom is 0.394 e. The van der Waals surface area contributed by atoms with Gasteiger partial charge in [-0.3, -0.25) is 27.3 Å². The molecule has 12 nitrogen and oxygen atoms in total. The second kappa shape index (κ2) is 11.7. The Morgan fingerprint density at radius 2 is 0.412 bits per heavy atom. The first-order valence-electron chi connectivity index (χ1n) is 2.10. The molecule has 0 aliphatic rings. The van der Waals surface area contributed by atoms with E-state index in [9.17, 15) is 0 Å². The Morgan fingerprint density at radius 1 is 0.412 bits per heavy atom. The van der Waals surface area contributed by atoms with Crippen LogP contribution in [-0.2, 0) is 64.8 Å². The van der Waals surface area contributed by atoms with Crippen LogP contribution in [0.25, 0.3) is 0 Å². The molecule has 2 radical (unpaired) electrons. The van der Waals surface area contributed by atoms with E-state index >= 15 is 0 Å². The molecule has 0 spiro atoms. The molecule has 0 unspecified atom stereocenters. The molecule has 0 aliphatic heterocycles. The molecule has 17 heteroatoms. The predicted molar refractivity (Wildman–Crippen MR) is 42.5 cm³/mol. The van der Waals surface area contributed by atoms with Gasteiger partial charge in [0, 0.05) is 33.6 Å². The van der Waals surface area contributed by atoms with Gasteiger partial charge in [-0.15, -0.1) is 0 Å². The monoisotopic (exact) mass is 412 g/mol. The standard InChI is InChI=1S/2Co.3H2O4S/c;;3*1-5(2,3)4/h;;3*(H2,1,2,3,4). The molecule has 0 aromatic rings. The Kier molecular flexibility index (Phi) is 21.0. The van der Waals surface area contributed by atoms with Crippen LogP contribution in [0.1, 0.15) is 0 Å². The summed E-state index contributed by atoms with van der Waals surface area (Å²) in [6.45, 7) is 0. The van der Waals surface area contributed by atoms with Gasteiger partial charge in [-0.2, -0.15) is 25.3 Å². The molecular weight excluding hydrogens is 406 g/mol. The van der Waals surface area contributed by atoms with Gasteiger partial charge in [0.25, 0.3) is 0 Å². The Bertz CT molecular complexity index is 341. The maximum absolute atomic E-state index is 8.74. The molecule has 0 aromatic carbocycles. The third-order valence-corrected chi connectivity index (χ3v) is 0. The van der Waals surface area contributed by atoms with E-state index in [2.05, 4.69) is 0 Å². The van der Waals surface area contributed by atoms with Crippen molar-refractivity contribution in [2.45, 2.75) is 0 Å². The molecule has 0 saturated carbocycles. The average molecular weight is 412 g/mol. The van der Waals surface area contributed by atoms with Crippen molar-refractivity contribution in [3.05, 3.63) is 0 Å². The molecule has 17 heavy (non-hydrogen) atoms. The zero-order valence-corrected chi connectivity index (χ0v) is 11.6. The van der Waals surface area contributed by atoms with Gasteiger partial charge in [-0.05, 0) is 0 Å². The van der Waals surface area contributed by atoms with Gasteiger partial charge in [0.05, 0.1) is 0 Å². The summed E-state index contributed by atoms with van der Waals surface area (Å²) in [4.78, 5) is 0. The van der Waals surface area contributed by atoms with E-state index < -0.39 is 31.2 Å². The largest absolute Gasteiger partial charge is 0.394 e. The Labute approximate surface area is 117 Å². The molecule has 0 saturated heterocycles. The van der Waals surface area contributed by atoms with Crippen molar-refractivity contribution in [3.63, 3.8) is 0 Å². The molecule has 0 heterocycles. The van der Waals surface area contributed by atoms with E-state index in [1.165, 1.54) is 0 Å². The minimum atomic E-state index is -4.67. The van der Waals surface area contributed by atoms with Crippen LogP contribution in [-0.4, -0.2) is 52.6 Å². The first-order valence-corrected chi connectivity index (χ1v) is 6.29. The first kappa shape index (κ1) is 30.6. The fourth-order valence-electron chi connectivity index (χ4n) is 0. The van der Waals surface area contributed by atoms with E-state index in [0.717, 1.165) is 0 Å². The average Bonchev–Trinajstić information content (AvgIpc) is 1.41. The van der Waals surface area contributed by atoms with Crippen LogP contribution < -0.4 is 0 Å². The summed E-state index contributed by atoms with van der Waals surface area (Å²) in [7, 11) is -14.0. The zero-order valence-electron chi connectivity index (χ0n) is 7.02. The van der Waals surface area contributed by atoms with E-state index in [-0.39, 0.29) is 33.6 Å². The maximum atomic E-state index is 8.74. The van der Waals surface area contributed by atoms with Gasteiger partial charge in [-0.25, -0.2) is 0 Å². The van der Waals surface area contributed by atoms with Crippen molar-refractivity contribution in [2.75, 3.05) is 0 Å². The molecule has 0 bridgehead atoms. The van der Waals surface area contributed by atoms with Gasteiger partial charge in [0.15, 0.2) is 0 Å². The van der Waals surface area contributed by atoms with Crippen molar-refractivity contribution < 1.29 is 86.1 Å². The summed E-state index contributed by atoms with van der Waals surface area (Å²) in [5, 5.41) is 0. The van der Waals surface area contributed by atoms with Gasteiger partial charge < -0.3 is 0 Å². The van der Waals surface area contributed by atoms with Gasteiger partial charge in [0.2, 0.25) is 0 Å². The minimum absolute atomic E-state index is 0. The second-order valence-electron chi connectivity index (χ2n) is 1.34. The molecule has 0 aromatic heterocycles. The van der Waals surface area contributed by atoms with Gasteiger partial charge in [-0.1, -0.05) is 0 Å². The van der Waals surface area contributed by atoms with Crippen LogP contribution in [0.15, 0.2) is 0 Å². The minimum Gasteiger partial charge on any atom is -0.264 e. The van der Waals surface area contributed by atoms with E-state index in [1.807, 2.05) is 0 Å². The fraction of sp³-hybridized carbons (Fsp3) is 0. The quantitative estimate of drug-likeness (QED) is 0.239. The molecule has 114 valence electrons. The van der Waals surface area contributed by atoms with E-state index in [4.69, 9.17) is 52.6 Å². The number of hydrogen-bond acceptors (Lipinski definition) is 6. The fourth-order valence-corrected chi connectivity index (χ4v) is 0. The first-order chi connectivity index (χ1) is 6.00. The second-order valence-corrected chi connectivity index (χ2v) is 4.03. The van der Waals surface area contributed by atoms with Crippen molar-refractivity contribution in [3.8, 4) is 0 Å². The summed E-state index contributed by atoms with van der Waals surface area (Å²) in [6, 6.07) is 0. The Morgan fingerprint density at radius 3 is 0.412 bits per heavy atom. The Balaban J connectivity index is -0.0000000400. The van der Waals surface area contributed by atoms with Gasteiger partial charge in [0.1, 0.15) is 0 Å². The van der Waals surface area contributed by atoms with Crippen LogP contribution in [0.5, 0.6) is 0 Å². The molecule has 0 atom stereocenters. The molecular formula is H6Co2O12S3. The smallest absolute Gasteiger partial charge is 0.264 e. The van der Waals surface area contributed by atoms with Crippen LogP contribution >= 0.6 is 0 Å². The zero-order chi connectivity index (χ0) is 13.5. The van der Waals surface area contributed by atoms with Crippen LogP contribution in [0, 0.1) is 0 Å². The van der Waals surface area contributed by atoms with Crippen molar-refractivity contribution in [2.24, 2.45) is 0 Å². The third-order valence-electron chi connectivity index (χ3n) is 0. The topological polar surface area (TPSA) is 224 Å². The normalized spacial score (nSPS) is 10.2. The molecule has 0 amide bonds. The van der Waals surface area contributed by atoms with Crippen LogP contribution in [0.2, 0.25) is 0 Å². The van der Waals surface area contributed by atoms with Crippen LogP contribution in [0.4, 0.5) is 0 Å². The summed E-state index contributed by atoms with van der Waals surface area (Å²) in [6.07, 6.45) is 0. The molecule has 0 aliphatic carbocycles. The Hall–Kier alpha value is 0.623. The van der Waals surface area contributed by atoms with E-state index in [0.29, 0.717) is 0 Å². The summed E-state index contributed by atoms with van der Waals surface area (Å²) < 4.78 is 94.8. The number of rotatable bonds is 0. The third kappa shape index (κ3) is 9160. The van der Waals surface area contributed by atoms with Gasteiger partial charge >= 0.3 is 31.2 Å². The molecule has 0 fully saturated rings. The van der Waals surface area contributed by atoms with Crippen molar-refractivity contribution >= 4 is 31.2 Å². The summed E-state index contributed by atoms with van der Waals surface area (Å²) >= 11 is 0. The van der Waals surface area contributed by atoms with E-state index in [1.54, 1.807) is 0 Å². The SMILES string of the molecule is O=S(=O)(O)O.O=S(=O)(O)O.O=S(=O)(O)O.[Co].[Co]. The summed E-state index contributed by atoms with van der Waals surface area (Å²) in [5.74, 6) is 0. The van der Waals surface area contributed by atoms with Crippen molar-refractivity contribution in [1.29, 1.82) is 0 Å².